The average molecular weight is 277 g/mol. The van der Waals surface area contributed by atoms with Crippen molar-refractivity contribution in [3.63, 3.8) is 0 Å². The molecule has 0 fully saturated rings. The molecule has 1 aromatic rings. The smallest absolute Gasteiger partial charge is 0.267 e. The van der Waals surface area contributed by atoms with Gasteiger partial charge in [0, 0.05) is 6.54 Å². The number of thioether (sulfide) groups is 1. The molecule has 0 saturated carbocycles. The third kappa shape index (κ3) is 2.85. The molecule has 1 aromatic heterocycles. The number of halogens is 1. The van der Waals surface area contributed by atoms with E-state index in [-0.39, 0.29) is 5.56 Å². The van der Waals surface area contributed by atoms with Gasteiger partial charge in [-0.1, -0.05) is 0 Å². The minimum absolute atomic E-state index is 0.0126. The molecule has 0 amide bonds. The van der Waals surface area contributed by atoms with E-state index in [0.29, 0.717) is 4.47 Å². The molecule has 1 heterocycles. The minimum atomic E-state index is 0.0126. The third-order valence-electron chi connectivity index (χ3n) is 1.90. The first-order chi connectivity index (χ1) is 6.66. The summed E-state index contributed by atoms with van der Waals surface area (Å²) in [6.45, 7) is 2.56. The summed E-state index contributed by atoms with van der Waals surface area (Å²) in [6.07, 6.45) is 4.67. The summed E-state index contributed by atoms with van der Waals surface area (Å²) in [5.74, 6) is 1.07. The Kier molecular flexibility index (Phi) is 4.68. The van der Waals surface area contributed by atoms with E-state index in [1.165, 1.54) is 0 Å². The first-order valence-corrected chi connectivity index (χ1v) is 6.56. The maximum Gasteiger partial charge on any atom is 0.267 e. The van der Waals surface area contributed by atoms with Gasteiger partial charge in [-0.3, -0.25) is 9.36 Å². The zero-order valence-electron chi connectivity index (χ0n) is 8.29. The van der Waals surface area contributed by atoms with E-state index in [1.54, 1.807) is 22.7 Å². The molecule has 0 aliphatic heterocycles. The fourth-order valence-corrected chi connectivity index (χ4v) is 1.83. The lowest BCUT2D eigenvalue weighted by Crippen LogP contribution is -2.22. The molecule has 14 heavy (non-hydrogen) atoms. The van der Waals surface area contributed by atoms with Gasteiger partial charge in [0.15, 0.2) is 0 Å². The van der Waals surface area contributed by atoms with Crippen molar-refractivity contribution in [1.29, 1.82) is 0 Å². The Bertz CT molecular complexity index is 364. The highest BCUT2D eigenvalue weighted by Gasteiger charge is 2.04. The van der Waals surface area contributed by atoms with Crippen LogP contribution in [0, 0.1) is 6.92 Å². The summed E-state index contributed by atoms with van der Waals surface area (Å²) in [7, 11) is 0. The van der Waals surface area contributed by atoms with Crippen LogP contribution in [0.2, 0.25) is 0 Å². The minimum Gasteiger partial charge on any atom is -0.298 e. The molecule has 78 valence electrons. The van der Waals surface area contributed by atoms with Gasteiger partial charge >= 0.3 is 0 Å². The molecule has 0 saturated heterocycles. The Morgan fingerprint density at radius 3 is 3.00 bits per heavy atom. The topological polar surface area (TPSA) is 34.9 Å². The fourth-order valence-electron chi connectivity index (χ4n) is 1.08. The van der Waals surface area contributed by atoms with E-state index >= 15 is 0 Å². The maximum absolute atomic E-state index is 11.7. The Labute approximate surface area is 96.1 Å². The molecule has 0 N–H and O–H groups in total. The Morgan fingerprint density at radius 1 is 1.64 bits per heavy atom. The van der Waals surface area contributed by atoms with Gasteiger partial charge in [-0.25, -0.2) is 4.98 Å². The predicted octanol–water partition coefficient (Wildman–Crippen LogP) is 2.07. The van der Waals surface area contributed by atoms with Crippen molar-refractivity contribution in [3.8, 4) is 0 Å². The number of aromatic nitrogens is 2. The van der Waals surface area contributed by atoms with Crippen LogP contribution in [0.4, 0.5) is 0 Å². The fraction of sp³-hybridized carbons (Fsp3) is 0.556. The molecule has 5 heteroatoms. The first kappa shape index (κ1) is 11.8. The van der Waals surface area contributed by atoms with Crippen molar-refractivity contribution in [2.75, 3.05) is 12.0 Å². The first-order valence-electron chi connectivity index (χ1n) is 4.37. The predicted molar refractivity (Wildman–Crippen MR) is 63.9 cm³/mol. The normalized spacial score (nSPS) is 10.5. The molecule has 0 aromatic carbocycles. The van der Waals surface area contributed by atoms with Gasteiger partial charge in [0.1, 0.15) is 4.47 Å². The Balaban J connectivity index is 2.79. The van der Waals surface area contributed by atoms with E-state index in [9.17, 15) is 4.79 Å². The zero-order chi connectivity index (χ0) is 10.6. The van der Waals surface area contributed by atoms with Crippen LogP contribution in [0.1, 0.15) is 12.1 Å². The van der Waals surface area contributed by atoms with Gasteiger partial charge in [-0.15, -0.1) is 0 Å². The molecule has 0 atom stereocenters. The van der Waals surface area contributed by atoms with Crippen LogP contribution in [0.15, 0.2) is 15.6 Å². The zero-order valence-corrected chi connectivity index (χ0v) is 10.7. The van der Waals surface area contributed by atoms with E-state index in [4.69, 9.17) is 0 Å². The lowest BCUT2D eigenvalue weighted by Gasteiger charge is -2.05. The molecular weight excluding hydrogens is 264 g/mol. The van der Waals surface area contributed by atoms with Crippen molar-refractivity contribution < 1.29 is 0 Å². The van der Waals surface area contributed by atoms with Gasteiger partial charge in [-0.2, -0.15) is 11.8 Å². The van der Waals surface area contributed by atoms with Crippen LogP contribution >= 0.6 is 27.7 Å². The molecule has 0 spiro atoms. The Morgan fingerprint density at radius 2 is 2.36 bits per heavy atom. The highest BCUT2D eigenvalue weighted by atomic mass is 79.9. The number of aryl methyl sites for hydroxylation is 2. The summed E-state index contributed by atoms with van der Waals surface area (Å²) in [4.78, 5) is 15.8. The molecule has 0 bridgehead atoms. The van der Waals surface area contributed by atoms with Crippen LogP contribution in [0.5, 0.6) is 0 Å². The van der Waals surface area contributed by atoms with Crippen LogP contribution < -0.4 is 5.56 Å². The summed E-state index contributed by atoms with van der Waals surface area (Å²) in [5.41, 5.74) is 0.759. The van der Waals surface area contributed by atoms with Crippen molar-refractivity contribution in [3.05, 3.63) is 26.8 Å². The summed E-state index contributed by atoms with van der Waals surface area (Å²) < 4.78 is 2.22. The van der Waals surface area contributed by atoms with E-state index < -0.39 is 0 Å². The lowest BCUT2D eigenvalue weighted by atomic mass is 10.4. The quantitative estimate of drug-likeness (QED) is 0.790. The van der Waals surface area contributed by atoms with E-state index in [0.717, 1.165) is 24.4 Å². The van der Waals surface area contributed by atoms with E-state index in [2.05, 4.69) is 27.2 Å². The van der Waals surface area contributed by atoms with Crippen LogP contribution in [0.25, 0.3) is 0 Å². The molecule has 0 aliphatic carbocycles. The van der Waals surface area contributed by atoms with Gasteiger partial charge in [0.25, 0.3) is 5.56 Å². The molecule has 0 aliphatic rings. The lowest BCUT2D eigenvalue weighted by molar-refractivity contribution is 0.638. The monoisotopic (exact) mass is 276 g/mol. The highest BCUT2D eigenvalue weighted by Crippen LogP contribution is 2.06. The summed E-state index contributed by atoms with van der Waals surface area (Å²) in [5, 5.41) is 0. The Hall–Kier alpha value is -0.290. The number of hydrogen-bond acceptors (Lipinski definition) is 3. The average Bonchev–Trinajstić information content (AvgIpc) is 2.18. The van der Waals surface area contributed by atoms with Gasteiger partial charge in [0.05, 0.1) is 12.0 Å². The van der Waals surface area contributed by atoms with Crippen molar-refractivity contribution in [2.24, 2.45) is 0 Å². The second kappa shape index (κ2) is 5.56. The number of rotatable bonds is 4. The SMILES string of the molecule is CSCCCn1cnc(C)c(Br)c1=O. The van der Waals surface area contributed by atoms with Crippen LogP contribution in [0.3, 0.4) is 0 Å². The standard InChI is InChI=1S/C9H13BrN2OS/c1-7-8(10)9(13)12(6-11-7)4-3-5-14-2/h6H,3-5H2,1-2H3. The van der Waals surface area contributed by atoms with Crippen molar-refractivity contribution in [1.82, 2.24) is 9.55 Å². The van der Waals surface area contributed by atoms with Gasteiger partial charge in [-0.05, 0) is 41.3 Å². The largest absolute Gasteiger partial charge is 0.298 e. The molecule has 1 rings (SSSR count). The summed E-state index contributed by atoms with van der Waals surface area (Å²) >= 11 is 5.02. The van der Waals surface area contributed by atoms with Gasteiger partial charge in [0.2, 0.25) is 0 Å². The number of nitrogens with zero attached hydrogens (tertiary/aromatic N) is 2. The number of hydrogen-bond donors (Lipinski definition) is 0. The van der Waals surface area contributed by atoms with Crippen molar-refractivity contribution in [2.45, 2.75) is 19.9 Å². The van der Waals surface area contributed by atoms with Crippen molar-refractivity contribution >= 4 is 27.7 Å². The van der Waals surface area contributed by atoms with Crippen LogP contribution in [-0.4, -0.2) is 21.6 Å². The summed E-state index contributed by atoms with van der Waals surface area (Å²) in [6, 6.07) is 0. The maximum atomic E-state index is 11.7. The van der Waals surface area contributed by atoms with Gasteiger partial charge < -0.3 is 0 Å². The van der Waals surface area contributed by atoms with Crippen LogP contribution in [-0.2, 0) is 6.54 Å². The molecule has 0 radical (unpaired) electrons. The molecule has 0 unspecified atom stereocenters. The molecular formula is C9H13BrN2OS. The highest BCUT2D eigenvalue weighted by molar-refractivity contribution is 9.10. The third-order valence-corrected chi connectivity index (χ3v) is 3.51. The second-order valence-electron chi connectivity index (χ2n) is 2.99. The molecule has 3 nitrogen and oxygen atoms in total. The van der Waals surface area contributed by atoms with E-state index in [1.807, 2.05) is 6.92 Å². The second-order valence-corrected chi connectivity index (χ2v) is 4.77.